The number of amides is 1. The molecule has 0 bridgehead atoms. The number of aliphatic hydroxyl groups excluding tert-OH is 1. The smallest absolute Gasteiger partial charge is 0.300 e. The minimum atomic E-state index is -0.825. The van der Waals surface area contributed by atoms with E-state index in [1.807, 2.05) is 70.2 Å². The Bertz CT molecular complexity index is 1290. The number of hydrogen-bond acceptors (Lipinski definition) is 5. The van der Waals surface area contributed by atoms with E-state index >= 15 is 0 Å². The highest BCUT2D eigenvalue weighted by Crippen LogP contribution is 2.43. The van der Waals surface area contributed by atoms with Crippen LogP contribution in [-0.4, -0.2) is 30.0 Å². The summed E-state index contributed by atoms with van der Waals surface area (Å²) < 4.78 is 11.1. The zero-order valence-electron chi connectivity index (χ0n) is 20.5. The summed E-state index contributed by atoms with van der Waals surface area (Å²) in [6.45, 7) is 7.74. The van der Waals surface area contributed by atoms with Crippen molar-refractivity contribution in [2.24, 2.45) is 0 Å². The van der Waals surface area contributed by atoms with Gasteiger partial charge < -0.3 is 14.6 Å². The average Bonchev–Trinajstić information content (AvgIpc) is 3.08. The molecular formula is C29H29NO5. The Labute approximate surface area is 205 Å². The van der Waals surface area contributed by atoms with E-state index in [-0.39, 0.29) is 17.4 Å². The zero-order chi connectivity index (χ0) is 25.3. The summed E-state index contributed by atoms with van der Waals surface area (Å²) in [6, 6.07) is 18.9. The van der Waals surface area contributed by atoms with Crippen molar-refractivity contribution in [2.45, 2.75) is 39.8 Å². The first kappa shape index (κ1) is 24.1. The molecule has 1 fully saturated rings. The molecule has 1 saturated heterocycles. The van der Waals surface area contributed by atoms with Crippen molar-refractivity contribution in [1.29, 1.82) is 0 Å². The molecule has 1 aliphatic heterocycles. The van der Waals surface area contributed by atoms with E-state index < -0.39 is 17.7 Å². The lowest BCUT2D eigenvalue weighted by Crippen LogP contribution is -2.29. The second kappa shape index (κ2) is 9.66. The third-order valence-corrected chi connectivity index (χ3v) is 5.84. The molecular weight excluding hydrogens is 442 g/mol. The molecule has 6 heteroatoms. The number of Topliss-reactive ketones (excluding diaryl/α,β-unsaturated/α-hetero) is 1. The summed E-state index contributed by atoms with van der Waals surface area (Å²) in [5.74, 6) is -0.429. The van der Waals surface area contributed by atoms with E-state index in [1.54, 1.807) is 31.4 Å². The summed E-state index contributed by atoms with van der Waals surface area (Å²) in [4.78, 5) is 28.2. The number of methoxy groups -OCH3 is 1. The highest BCUT2D eigenvalue weighted by atomic mass is 16.5. The van der Waals surface area contributed by atoms with Gasteiger partial charge in [-0.15, -0.1) is 0 Å². The Morgan fingerprint density at radius 1 is 0.914 bits per heavy atom. The number of ether oxygens (including phenoxy) is 2. The number of aliphatic hydroxyl groups is 1. The molecule has 1 atom stereocenters. The summed E-state index contributed by atoms with van der Waals surface area (Å²) in [6.07, 6.45) is -0.0460. The highest BCUT2D eigenvalue weighted by Gasteiger charge is 2.47. The quantitative estimate of drug-likeness (QED) is 0.282. The maximum atomic E-state index is 13.4. The number of nitrogens with zero attached hydrogens (tertiary/aromatic N) is 1. The molecule has 3 aromatic rings. The normalized spacial score (nSPS) is 17.2. The van der Waals surface area contributed by atoms with Gasteiger partial charge in [-0.25, -0.2) is 0 Å². The standard InChI is InChI=1S/C29H29NO5/c1-17(2)35-24-8-6-7-21(16-24)26-25(27(31)20-9-11-23(34-5)12-10-20)28(32)29(33)30(26)22-14-18(3)13-19(4)15-22/h6-17,26,31H,1-5H3/b27-25+. The van der Waals surface area contributed by atoms with Crippen LogP contribution in [0.4, 0.5) is 5.69 Å². The van der Waals surface area contributed by atoms with Crippen LogP contribution in [0.2, 0.25) is 0 Å². The van der Waals surface area contributed by atoms with Crippen molar-refractivity contribution >= 4 is 23.1 Å². The summed E-state index contributed by atoms with van der Waals surface area (Å²) in [7, 11) is 1.55. The molecule has 3 aromatic carbocycles. The molecule has 0 spiro atoms. The van der Waals surface area contributed by atoms with Crippen LogP contribution in [0.25, 0.3) is 5.76 Å². The fourth-order valence-corrected chi connectivity index (χ4v) is 4.44. The van der Waals surface area contributed by atoms with Crippen molar-refractivity contribution < 1.29 is 24.2 Å². The van der Waals surface area contributed by atoms with Crippen LogP contribution < -0.4 is 14.4 Å². The number of hydrogen-bond donors (Lipinski definition) is 1. The van der Waals surface area contributed by atoms with E-state index in [0.29, 0.717) is 28.3 Å². The Balaban J connectivity index is 1.94. The van der Waals surface area contributed by atoms with Crippen molar-refractivity contribution in [2.75, 3.05) is 12.0 Å². The first-order valence-electron chi connectivity index (χ1n) is 11.5. The number of carbonyl (C=O) groups is 2. The molecule has 6 nitrogen and oxygen atoms in total. The molecule has 0 aliphatic carbocycles. The summed E-state index contributed by atoms with van der Waals surface area (Å²) in [5, 5.41) is 11.3. The molecule has 4 rings (SSSR count). The van der Waals surface area contributed by atoms with Gasteiger partial charge in [-0.2, -0.15) is 0 Å². The van der Waals surface area contributed by atoms with Crippen LogP contribution in [0.1, 0.15) is 42.1 Å². The predicted molar refractivity (Wildman–Crippen MR) is 136 cm³/mol. The Hall–Kier alpha value is -4.06. The van der Waals surface area contributed by atoms with E-state index in [0.717, 1.165) is 11.1 Å². The molecule has 180 valence electrons. The summed E-state index contributed by atoms with van der Waals surface area (Å²) in [5.41, 5.74) is 3.64. The Morgan fingerprint density at radius 3 is 2.17 bits per heavy atom. The second-order valence-corrected chi connectivity index (χ2v) is 8.98. The number of anilines is 1. The van der Waals surface area contributed by atoms with Gasteiger partial charge in [-0.05, 0) is 92.9 Å². The van der Waals surface area contributed by atoms with Gasteiger partial charge in [0.2, 0.25) is 0 Å². The molecule has 35 heavy (non-hydrogen) atoms. The fourth-order valence-electron chi connectivity index (χ4n) is 4.44. The highest BCUT2D eigenvalue weighted by molar-refractivity contribution is 6.51. The lowest BCUT2D eigenvalue weighted by molar-refractivity contribution is -0.132. The van der Waals surface area contributed by atoms with Crippen molar-refractivity contribution in [3.8, 4) is 11.5 Å². The largest absolute Gasteiger partial charge is 0.507 e. The van der Waals surface area contributed by atoms with Gasteiger partial charge in [0.15, 0.2) is 0 Å². The molecule has 1 amide bonds. The summed E-state index contributed by atoms with van der Waals surface area (Å²) >= 11 is 0. The third-order valence-electron chi connectivity index (χ3n) is 5.84. The Morgan fingerprint density at radius 2 is 1.57 bits per heavy atom. The van der Waals surface area contributed by atoms with Crippen LogP contribution in [-0.2, 0) is 9.59 Å². The van der Waals surface area contributed by atoms with Gasteiger partial charge in [0.05, 0.1) is 24.8 Å². The Kier molecular flexibility index (Phi) is 6.65. The minimum absolute atomic E-state index is 0.0287. The van der Waals surface area contributed by atoms with Gasteiger partial charge >= 0.3 is 0 Å². The van der Waals surface area contributed by atoms with Crippen LogP contribution >= 0.6 is 0 Å². The first-order chi connectivity index (χ1) is 16.7. The number of rotatable bonds is 6. The average molecular weight is 472 g/mol. The maximum Gasteiger partial charge on any atom is 0.300 e. The van der Waals surface area contributed by atoms with Gasteiger partial charge in [0.25, 0.3) is 11.7 Å². The monoisotopic (exact) mass is 471 g/mol. The SMILES string of the molecule is COc1ccc(/C(O)=C2\C(=O)C(=O)N(c3cc(C)cc(C)c3)C2c2cccc(OC(C)C)c2)cc1. The molecule has 0 radical (unpaired) electrons. The third kappa shape index (κ3) is 4.78. The van der Waals surface area contributed by atoms with Crippen molar-refractivity contribution in [3.05, 3.63) is 94.6 Å². The lowest BCUT2D eigenvalue weighted by atomic mass is 9.94. The maximum absolute atomic E-state index is 13.4. The number of benzene rings is 3. The number of carbonyl (C=O) groups excluding carboxylic acids is 2. The number of aryl methyl sites for hydroxylation is 2. The van der Waals surface area contributed by atoms with E-state index in [2.05, 4.69) is 0 Å². The van der Waals surface area contributed by atoms with Crippen LogP contribution in [0.3, 0.4) is 0 Å². The van der Waals surface area contributed by atoms with Gasteiger partial charge in [0.1, 0.15) is 17.3 Å². The van der Waals surface area contributed by atoms with Crippen molar-refractivity contribution in [3.63, 3.8) is 0 Å². The fraction of sp³-hybridized carbons (Fsp3) is 0.241. The topological polar surface area (TPSA) is 76.1 Å². The molecule has 1 N–H and O–H groups in total. The van der Waals surface area contributed by atoms with Gasteiger partial charge in [0, 0.05) is 11.3 Å². The van der Waals surface area contributed by atoms with Crippen LogP contribution in [0.5, 0.6) is 11.5 Å². The molecule has 1 unspecified atom stereocenters. The van der Waals surface area contributed by atoms with Crippen LogP contribution in [0, 0.1) is 13.8 Å². The molecule has 1 heterocycles. The second-order valence-electron chi connectivity index (χ2n) is 8.98. The van der Waals surface area contributed by atoms with E-state index in [4.69, 9.17) is 9.47 Å². The molecule has 1 aliphatic rings. The lowest BCUT2D eigenvalue weighted by Gasteiger charge is -2.26. The molecule has 0 saturated carbocycles. The minimum Gasteiger partial charge on any atom is -0.507 e. The first-order valence-corrected chi connectivity index (χ1v) is 11.5. The van der Waals surface area contributed by atoms with Gasteiger partial charge in [-0.1, -0.05) is 18.2 Å². The predicted octanol–water partition coefficient (Wildman–Crippen LogP) is 5.73. The van der Waals surface area contributed by atoms with E-state index in [1.165, 1.54) is 4.90 Å². The zero-order valence-corrected chi connectivity index (χ0v) is 20.5. The van der Waals surface area contributed by atoms with Gasteiger partial charge in [-0.3, -0.25) is 14.5 Å². The van der Waals surface area contributed by atoms with Crippen molar-refractivity contribution in [1.82, 2.24) is 0 Å². The molecule has 0 aromatic heterocycles. The van der Waals surface area contributed by atoms with E-state index in [9.17, 15) is 14.7 Å². The number of ketones is 1. The van der Waals surface area contributed by atoms with Crippen LogP contribution in [0.15, 0.2) is 72.3 Å².